The maximum absolute atomic E-state index is 12.2. The Morgan fingerprint density at radius 2 is 1.97 bits per heavy atom. The van der Waals surface area contributed by atoms with Crippen LogP contribution in [-0.2, 0) is 11.8 Å². The second kappa shape index (κ2) is 10.3. The molecule has 1 atom stereocenters. The van der Waals surface area contributed by atoms with E-state index in [9.17, 15) is 4.79 Å². The van der Waals surface area contributed by atoms with Crippen molar-refractivity contribution in [2.75, 3.05) is 59.4 Å². The van der Waals surface area contributed by atoms with Gasteiger partial charge in [-0.15, -0.1) is 0 Å². The minimum absolute atomic E-state index is 0.201. The van der Waals surface area contributed by atoms with Crippen molar-refractivity contribution >= 4 is 12.1 Å². The summed E-state index contributed by atoms with van der Waals surface area (Å²) >= 11 is 0. The molecule has 2 saturated heterocycles. The Balaban J connectivity index is 1.33. The second-order valence-corrected chi connectivity index (χ2v) is 9.52. The van der Waals surface area contributed by atoms with E-state index in [1.54, 1.807) is 0 Å². The lowest BCUT2D eigenvalue weighted by Gasteiger charge is -2.35. The van der Waals surface area contributed by atoms with E-state index in [0.29, 0.717) is 5.92 Å². The first-order valence-electron chi connectivity index (χ1n) is 11.4. The average molecular weight is 434 g/mol. The molecule has 2 aliphatic rings. The second-order valence-electron chi connectivity index (χ2n) is 9.52. The van der Waals surface area contributed by atoms with Crippen LogP contribution in [0, 0.1) is 0 Å². The monoisotopic (exact) mass is 433 g/mol. The first-order valence-corrected chi connectivity index (χ1v) is 11.4. The quantitative estimate of drug-likeness (QED) is 0.433. The molecular weight excluding hydrogens is 394 g/mol. The molecule has 0 bridgehead atoms. The Morgan fingerprint density at radius 3 is 2.58 bits per heavy atom. The molecule has 0 spiro atoms. The third-order valence-electron chi connectivity index (χ3n) is 5.85. The molecule has 1 amide bonds. The summed E-state index contributed by atoms with van der Waals surface area (Å²) < 4.78 is 7.34. The topological polar surface area (TPSA) is 78.2 Å². The number of rotatable bonds is 5. The lowest BCUT2D eigenvalue weighted by Crippen LogP contribution is -2.50. The number of hydrogen-bond acceptors (Lipinski definition) is 5. The molecule has 0 saturated carbocycles. The summed E-state index contributed by atoms with van der Waals surface area (Å²) in [6, 6.07) is 0. The molecule has 0 aliphatic carbocycles. The Labute approximate surface area is 186 Å². The zero-order valence-corrected chi connectivity index (χ0v) is 19.8. The van der Waals surface area contributed by atoms with Crippen LogP contribution in [0.4, 0.5) is 4.79 Å². The lowest BCUT2D eigenvalue weighted by molar-refractivity contribution is 0.0145. The van der Waals surface area contributed by atoms with Gasteiger partial charge in [0.25, 0.3) is 0 Å². The smallest absolute Gasteiger partial charge is 0.410 e. The van der Waals surface area contributed by atoms with Crippen molar-refractivity contribution in [1.29, 1.82) is 0 Å². The number of ether oxygens (including phenoxy) is 1. The Bertz CT molecular complexity index is 747. The van der Waals surface area contributed by atoms with Crippen molar-refractivity contribution in [1.82, 2.24) is 29.8 Å². The first-order chi connectivity index (χ1) is 14.7. The van der Waals surface area contributed by atoms with E-state index < -0.39 is 5.60 Å². The maximum atomic E-state index is 12.2. The number of guanidine groups is 1. The van der Waals surface area contributed by atoms with Gasteiger partial charge in [-0.3, -0.25) is 14.6 Å². The number of hydrogen-bond donors (Lipinski definition) is 1. The molecule has 3 heterocycles. The summed E-state index contributed by atoms with van der Waals surface area (Å²) in [5.41, 5.74) is 0.872. The van der Waals surface area contributed by atoms with E-state index in [2.05, 4.69) is 31.4 Å². The Kier molecular flexibility index (Phi) is 7.80. The van der Waals surface area contributed by atoms with Gasteiger partial charge >= 0.3 is 6.09 Å². The van der Waals surface area contributed by atoms with Crippen molar-refractivity contribution in [3.8, 4) is 0 Å². The van der Waals surface area contributed by atoms with Crippen LogP contribution < -0.4 is 5.32 Å². The maximum Gasteiger partial charge on any atom is 0.410 e. The molecule has 0 radical (unpaired) electrons. The standard InChI is InChI=1S/C22H39N7O2/c1-22(2,3)31-21(30)28-13-11-27(12-14-28)9-6-8-24-20(23-4)29-10-7-18(17-29)19-15-25-26(5)16-19/h15-16,18H,6-14,17H2,1-5H3,(H,23,24). The largest absolute Gasteiger partial charge is 0.444 e. The molecule has 3 rings (SSSR count). The fourth-order valence-corrected chi connectivity index (χ4v) is 4.19. The van der Waals surface area contributed by atoms with Crippen molar-refractivity contribution in [3.63, 3.8) is 0 Å². The summed E-state index contributed by atoms with van der Waals surface area (Å²) in [6.07, 6.45) is 6.08. The Morgan fingerprint density at radius 1 is 1.23 bits per heavy atom. The molecule has 0 aromatic carbocycles. The van der Waals surface area contributed by atoms with Gasteiger partial charge in [-0.1, -0.05) is 0 Å². The van der Waals surface area contributed by atoms with Crippen LogP contribution in [0.15, 0.2) is 17.4 Å². The number of aromatic nitrogens is 2. The van der Waals surface area contributed by atoms with Gasteiger partial charge in [-0.2, -0.15) is 5.10 Å². The van der Waals surface area contributed by atoms with Crippen LogP contribution in [0.3, 0.4) is 0 Å². The Hall–Kier alpha value is -2.29. The molecule has 1 N–H and O–H groups in total. The van der Waals surface area contributed by atoms with E-state index in [1.165, 1.54) is 5.56 Å². The molecule has 9 nitrogen and oxygen atoms in total. The number of likely N-dealkylation sites (tertiary alicyclic amines) is 1. The summed E-state index contributed by atoms with van der Waals surface area (Å²) in [7, 11) is 3.82. The van der Waals surface area contributed by atoms with Crippen LogP contribution in [0.25, 0.3) is 0 Å². The number of nitrogens with one attached hydrogen (secondary N) is 1. The summed E-state index contributed by atoms with van der Waals surface area (Å²) in [6.45, 7) is 12.9. The van der Waals surface area contributed by atoms with Crippen LogP contribution >= 0.6 is 0 Å². The van der Waals surface area contributed by atoms with E-state index in [4.69, 9.17) is 4.74 Å². The molecule has 1 aromatic rings. The molecule has 2 aliphatic heterocycles. The highest BCUT2D eigenvalue weighted by molar-refractivity contribution is 5.80. The van der Waals surface area contributed by atoms with Gasteiger partial charge in [0, 0.05) is 72.0 Å². The normalized spacial score (nSPS) is 20.9. The molecule has 2 fully saturated rings. The highest BCUT2D eigenvalue weighted by Crippen LogP contribution is 2.26. The number of carbonyl (C=O) groups excluding carboxylic acids is 1. The number of aryl methyl sites for hydroxylation is 1. The first kappa shape index (κ1) is 23.4. The van der Waals surface area contributed by atoms with Crippen LogP contribution in [0.1, 0.15) is 45.1 Å². The van der Waals surface area contributed by atoms with Gasteiger partial charge in [0.2, 0.25) is 0 Å². The molecular formula is C22H39N7O2. The highest BCUT2D eigenvalue weighted by Gasteiger charge is 2.27. The average Bonchev–Trinajstić information content (AvgIpc) is 3.36. The van der Waals surface area contributed by atoms with E-state index >= 15 is 0 Å². The van der Waals surface area contributed by atoms with E-state index in [0.717, 1.165) is 71.2 Å². The highest BCUT2D eigenvalue weighted by atomic mass is 16.6. The van der Waals surface area contributed by atoms with E-state index in [-0.39, 0.29) is 6.09 Å². The summed E-state index contributed by atoms with van der Waals surface area (Å²) in [5, 5.41) is 7.83. The van der Waals surface area contributed by atoms with Crippen molar-refractivity contribution < 1.29 is 9.53 Å². The number of nitrogens with zero attached hydrogens (tertiary/aromatic N) is 6. The number of piperazine rings is 1. The zero-order chi connectivity index (χ0) is 22.4. The van der Waals surface area contributed by atoms with Crippen molar-refractivity contribution in [2.24, 2.45) is 12.0 Å². The van der Waals surface area contributed by atoms with Gasteiger partial charge in [0.1, 0.15) is 5.60 Å². The molecule has 1 aromatic heterocycles. The third-order valence-corrected chi connectivity index (χ3v) is 5.85. The van der Waals surface area contributed by atoms with Crippen LogP contribution in [0.2, 0.25) is 0 Å². The van der Waals surface area contributed by atoms with Gasteiger partial charge < -0.3 is 19.9 Å². The van der Waals surface area contributed by atoms with E-state index in [1.807, 2.05) is 50.6 Å². The summed E-state index contributed by atoms with van der Waals surface area (Å²) in [4.78, 5) is 23.2. The predicted octanol–water partition coefficient (Wildman–Crippen LogP) is 1.73. The fourth-order valence-electron chi connectivity index (χ4n) is 4.19. The zero-order valence-electron chi connectivity index (χ0n) is 19.8. The minimum Gasteiger partial charge on any atom is -0.444 e. The minimum atomic E-state index is -0.439. The van der Waals surface area contributed by atoms with Gasteiger partial charge in [0.05, 0.1) is 6.20 Å². The van der Waals surface area contributed by atoms with Gasteiger partial charge in [0.15, 0.2) is 5.96 Å². The van der Waals surface area contributed by atoms with Crippen LogP contribution in [0.5, 0.6) is 0 Å². The molecule has 9 heteroatoms. The van der Waals surface area contributed by atoms with Crippen molar-refractivity contribution in [2.45, 2.75) is 45.1 Å². The number of carbonyl (C=O) groups is 1. The number of amides is 1. The predicted molar refractivity (Wildman–Crippen MR) is 122 cm³/mol. The van der Waals surface area contributed by atoms with Crippen molar-refractivity contribution in [3.05, 3.63) is 18.0 Å². The number of aliphatic imine (C=N–C) groups is 1. The van der Waals surface area contributed by atoms with Crippen LogP contribution in [-0.4, -0.2) is 102 Å². The SMILES string of the molecule is CN=C(NCCCN1CCN(C(=O)OC(C)(C)C)CC1)N1CCC(c2cnn(C)c2)C1. The summed E-state index contributed by atoms with van der Waals surface area (Å²) in [5.74, 6) is 1.51. The van der Waals surface area contributed by atoms with Gasteiger partial charge in [-0.05, 0) is 45.7 Å². The molecule has 174 valence electrons. The molecule has 31 heavy (non-hydrogen) atoms. The molecule has 1 unspecified atom stereocenters. The van der Waals surface area contributed by atoms with Gasteiger partial charge in [-0.25, -0.2) is 4.79 Å². The third kappa shape index (κ3) is 6.85. The fraction of sp³-hybridized carbons (Fsp3) is 0.773. The lowest BCUT2D eigenvalue weighted by atomic mass is 10.0.